The van der Waals surface area contributed by atoms with Crippen LogP contribution in [0.4, 0.5) is 16.2 Å². The third kappa shape index (κ3) is 4.69. The predicted molar refractivity (Wildman–Crippen MR) is 89.7 cm³/mol. The minimum atomic E-state index is -0.489. The average Bonchev–Trinajstić information content (AvgIpc) is 2.54. The van der Waals surface area contributed by atoms with Gasteiger partial charge in [-0.1, -0.05) is 30.7 Å². The van der Waals surface area contributed by atoms with Crippen molar-refractivity contribution in [3.8, 4) is 0 Å². The fraction of sp³-hybridized carbons (Fsp3) is 0.188. The quantitative estimate of drug-likeness (QED) is 0.623. The van der Waals surface area contributed by atoms with Gasteiger partial charge < -0.3 is 10.6 Å². The summed E-state index contributed by atoms with van der Waals surface area (Å²) < 4.78 is 0. The van der Waals surface area contributed by atoms with Gasteiger partial charge in [-0.3, -0.25) is 10.1 Å². The van der Waals surface area contributed by atoms with Gasteiger partial charge in [0.05, 0.1) is 11.0 Å². The molecule has 0 spiro atoms. The highest BCUT2D eigenvalue weighted by Crippen LogP contribution is 2.20. The van der Waals surface area contributed by atoms with Crippen molar-refractivity contribution in [1.82, 2.24) is 5.32 Å². The molecule has 0 aliphatic carbocycles. The summed E-state index contributed by atoms with van der Waals surface area (Å²) in [6, 6.07) is 12.4. The fourth-order valence-electron chi connectivity index (χ4n) is 2.11. The first-order valence-electron chi connectivity index (χ1n) is 7.07. The zero-order valence-electron chi connectivity index (χ0n) is 12.5. The first kappa shape index (κ1) is 16.8. The number of nitrogens with zero attached hydrogens (tertiary/aromatic N) is 1. The molecule has 2 amide bonds. The summed E-state index contributed by atoms with van der Waals surface area (Å²) in [7, 11) is 0. The van der Waals surface area contributed by atoms with Crippen molar-refractivity contribution in [2.75, 3.05) is 5.32 Å². The standard InChI is InChI=1S/C16H16ClN3O3/c1-2-15(11-3-5-12(17)6-4-11)19-16(21)18-13-7-9-14(10-8-13)20(22)23/h3-10,15H,2H2,1H3,(H2,18,19,21). The SMILES string of the molecule is CCC(NC(=O)Nc1ccc([N+](=O)[O-])cc1)c1ccc(Cl)cc1. The topological polar surface area (TPSA) is 84.3 Å². The van der Waals surface area contributed by atoms with E-state index in [1.807, 2.05) is 19.1 Å². The van der Waals surface area contributed by atoms with Gasteiger partial charge in [-0.05, 0) is 36.2 Å². The van der Waals surface area contributed by atoms with Crippen LogP contribution in [0.2, 0.25) is 5.02 Å². The number of nitrogens with one attached hydrogen (secondary N) is 2. The fourth-order valence-corrected chi connectivity index (χ4v) is 2.23. The van der Waals surface area contributed by atoms with Crippen LogP contribution >= 0.6 is 11.6 Å². The third-order valence-electron chi connectivity index (χ3n) is 3.32. The number of hydrogen-bond acceptors (Lipinski definition) is 3. The summed E-state index contributed by atoms with van der Waals surface area (Å²) in [5.41, 5.74) is 1.42. The number of hydrogen-bond donors (Lipinski definition) is 2. The summed E-state index contributed by atoms with van der Waals surface area (Å²) in [5, 5.41) is 16.8. The molecule has 1 atom stereocenters. The lowest BCUT2D eigenvalue weighted by atomic mass is 10.1. The van der Waals surface area contributed by atoms with E-state index < -0.39 is 4.92 Å². The maximum atomic E-state index is 12.1. The number of halogens is 1. The molecule has 0 saturated carbocycles. The van der Waals surface area contributed by atoms with E-state index in [9.17, 15) is 14.9 Å². The molecule has 2 N–H and O–H groups in total. The molecule has 120 valence electrons. The van der Waals surface area contributed by atoms with Crippen molar-refractivity contribution in [3.05, 3.63) is 69.2 Å². The molecule has 0 radical (unpaired) electrons. The van der Waals surface area contributed by atoms with Crippen molar-refractivity contribution in [1.29, 1.82) is 0 Å². The monoisotopic (exact) mass is 333 g/mol. The number of nitro benzene ring substituents is 1. The number of benzene rings is 2. The van der Waals surface area contributed by atoms with Gasteiger partial charge in [0.15, 0.2) is 0 Å². The van der Waals surface area contributed by atoms with Crippen molar-refractivity contribution in [2.24, 2.45) is 0 Å². The molecule has 0 aromatic heterocycles. The Balaban J connectivity index is 1.99. The number of rotatable bonds is 5. The van der Waals surface area contributed by atoms with E-state index in [4.69, 9.17) is 11.6 Å². The summed E-state index contributed by atoms with van der Waals surface area (Å²) >= 11 is 5.86. The minimum Gasteiger partial charge on any atom is -0.331 e. The van der Waals surface area contributed by atoms with Crippen molar-refractivity contribution >= 4 is 29.0 Å². The summed E-state index contributed by atoms with van der Waals surface area (Å²) in [4.78, 5) is 22.2. The lowest BCUT2D eigenvalue weighted by Gasteiger charge is -2.18. The van der Waals surface area contributed by atoms with Crippen LogP contribution in [0.3, 0.4) is 0 Å². The number of urea groups is 1. The zero-order valence-corrected chi connectivity index (χ0v) is 13.2. The van der Waals surface area contributed by atoms with Crippen LogP contribution in [-0.4, -0.2) is 11.0 Å². The summed E-state index contributed by atoms with van der Waals surface area (Å²) in [6.07, 6.45) is 0.718. The zero-order chi connectivity index (χ0) is 16.8. The van der Waals surface area contributed by atoms with E-state index in [2.05, 4.69) is 10.6 Å². The molecule has 0 heterocycles. The van der Waals surface area contributed by atoms with Crippen LogP contribution in [0.25, 0.3) is 0 Å². The van der Waals surface area contributed by atoms with Gasteiger partial charge in [-0.2, -0.15) is 0 Å². The van der Waals surface area contributed by atoms with Gasteiger partial charge in [0.2, 0.25) is 0 Å². The van der Waals surface area contributed by atoms with E-state index >= 15 is 0 Å². The molecule has 0 fully saturated rings. The van der Waals surface area contributed by atoms with Crippen LogP contribution in [0.15, 0.2) is 48.5 Å². The number of carbonyl (C=O) groups is 1. The molecule has 23 heavy (non-hydrogen) atoms. The highest BCUT2D eigenvalue weighted by molar-refractivity contribution is 6.30. The minimum absolute atomic E-state index is 0.0245. The first-order valence-corrected chi connectivity index (χ1v) is 7.45. The lowest BCUT2D eigenvalue weighted by molar-refractivity contribution is -0.384. The smallest absolute Gasteiger partial charge is 0.319 e. The van der Waals surface area contributed by atoms with Gasteiger partial charge in [-0.25, -0.2) is 4.79 Å². The number of carbonyl (C=O) groups excluding carboxylic acids is 1. The normalized spacial score (nSPS) is 11.6. The Morgan fingerprint density at radius 2 is 1.78 bits per heavy atom. The highest BCUT2D eigenvalue weighted by atomic mass is 35.5. The van der Waals surface area contributed by atoms with Crippen LogP contribution in [-0.2, 0) is 0 Å². The lowest BCUT2D eigenvalue weighted by Crippen LogP contribution is -2.32. The molecular formula is C16H16ClN3O3. The van der Waals surface area contributed by atoms with E-state index in [1.165, 1.54) is 24.3 Å². The number of amides is 2. The Bertz CT molecular complexity index is 687. The summed E-state index contributed by atoms with van der Waals surface area (Å²) in [6.45, 7) is 1.96. The molecular weight excluding hydrogens is 318 g/mol. The van der Waals surface area contributed by atoms with E-state index in [1.54, 1.807) is 12.1 Å². The van der Waals surface area contributed by atoms with Gasteiger partial charge in [0.25, 0.3) is 5.69 Å². The molecule has 1 unspecified atom stereocenters. The average molecular weight is 334 g/mol. The van der Waals surface area contributed by atoms with Crippen molar-refractivity contribution in [2.45, 2.75) is 19.4 Å². The van der Waals surface area contributed by atoms with Crippen LogP contribution in [0.1, 0.15) is 24.9 Å². The molecule has 0 bridgehead atoms. The second kappa shape index (κ2) is 7.60. The molecule has 7 heteroatoms. The van der Waals surface area contributed by atoms with Crippen molar-refractivity contribution < 1.29 is 9.72 Å². The molecule has 0 aliphatic rings. The maximum absolute atomic E-state index is 12.1. The predicted octanol–water partition coefficient (Wildman–Crippen LogP) is 4.52. The van der Waals surface area contributed by atoms with Gasteiger partial charge >= 0.3 is 6.03 Å². The van der Waals surface area contributed by atoms with Gasteiger partial charge in [0.1, 0.15) is 0 Å². The molecule has 6 nitrogen and oxygen atoms in total. The van der Waals surface area contributed by atoms with E-state index in [0.717, 1.165) is 12.0 Å². The Morgan fingerprint density at radius 3 is 2.30 bits per heavy atom. The largest absolute Gasteiger partial charge is 0.331 e. The van der Waals surface area contributed by atoms with Gasteiger partial charge in [-0.15, -0.1) is 0 Å². The molecule has 2 rings (SSSR count). The second-order valence-corrected chi connectivity index (χ2v) is 5.35. The van der Waals surface area contributed by atoms with Crippen molar-refractivity contribution in [3.63, 3.8) is 0 Å². The Hall–Kier alpha value is -2.60. The Kier molecular flexibility index (Phi) is 5.54. The molecule has 2 aromatic carbocycles. The Labute approximate surface area is 138 Å². The van der Waals surface area contributed by atoms with Crippen LogP contribution < -0.4 is 10.6 Å². The Morgan fingerprint density at radius 1 is 1.17 bits per heavy atom. The number of non-ortho nitro benzene ring substituents is 1. The number of nitro groups is 1. The first-order chi connectivity index (χ1) is 11.0. The maximum Gasteiger partial charge on any atom is 0.319 e. The van der Waals surface area contributed by atoms with Crippen LogP contribution in [0.5, 0.6) is 0 Å². The van der Waals surface area contributed by atoms with E-state index in [0.29, 0.717) is 10.7 Å². The molecule has 2 aromatic rings. The van der Waals surface area contributed by atoms with Gasteiger partial charge in [0, 0.05) is 22.8 Å². The number of anilines is 1. The third-order valence-corrected chi connectivity index (χ3v) is 3.57. The summed E-state index contributed by atoms with van der Waals surface area (Å²) in [5.74, 6) is 0. The van der Waals surface area contributed by atoms with Crippen LogP contribution in [0, 0.1) is 10.1 Å². The second-order valence-electron chi connectivity index (χ2n) is 4.91. The molecule has 0 saturated heterocycles. The van der Waals surface area contributed by atoms with E-state index in [-0.39, 0.29) is 17.8 Å². The highest BCUT2D eigenvalue weighted by Gasteiger charge is 2.13. The molecule has 0 aliphatic heterocycles.